The molecular formula is C64H37NOS3. The van der Waals surface area contributed by atoms with Crippen molar-refractivity contribution in [2.45, 2.75) is 0 Å². The van der Waals surface area contributed by atoms with Gasteiger partial charge in [-0.25, -0.2) is 0 Å². The van der Waals surface area contributed by atoms with Crippen LogP contribution in [0.5, 0.6) is 0 Å². The molecule has 5 heteroatoms. The van der Waals surface area contributed by atoms with E-state index in [0.29, 0.717) is 0 Å². The Morgan fingerprint density at radius 3 is 1.61 bits per heavy atom. The first-order valence-corrected chi connectivity index (χ1v) is 25.8. The van der Waals surface area contributed by atoms with E-state index in [0.717, 1.165) is 38.9 Å². The summed E-state index contributed by atoms with van der Waals surface area (Å²) in [4.78, 5) is 2.52. The molecule has 0 saturated heterocycles. The van der Waals surface area contributed by atoms with Gasteiger partial charge in [0.15, 0.2) is 0 Å². The molecule has 0 bridgehead atoms. The number of benzene rings is 11. The molecule has 0 saturated carbocycles. The van der Waals surface area contributed by atoms with Crippen LogP contribution in [0.4, 0.5) is 17.1 Å². The Morgan fingerprint density at radius 2 is 0.797 bits per heavy atom. The van der Waals surface area contributed by atoms with Gasteiger partial charge in [-0.15, -0.1) is 34.0 Å². The lowest BCUT2D eigenvalue weighted by atomic mass is 9.98. The molecular weight excluding hydrogens is 895 g/mol. The maximum Gasteiger partial charge on any atom is 0.136 e. The molecule has 4 heterocycles. The maximum atomic E-state index is 6.34. The number of hydrogen-bond donors (Lipinski definition) is 0. The molecule has 15 aromatic rings. The minimum Gasteiger partial charge on any atom is -0.456 e. The van der Waals surface area contributed by atoms with Crippen molar-refractivity contribution in [3.63, 3.8) is 0 Å². The first-order valence-electron chi connectivity index (χ1n) is 23.3. The zero-order valence-corrected chi connectivity index (χ0v) is 39.4. The quantitative estimate of drug-likeness (QED) is 0.165. The standard InChI is InChI=1S/C64H37NOS3/c1-2-14-43-38(12-1)13-7-17-44(43)39-28-32-42(33-29-39)65(55-24-11-23-53-54-36-40(31-35-60(54)68-63(53)55)41-30-34-46-45-15-3-5-26-57(45)66-58(46)37-41)56-25-10-22-52-51-21-9-20-50(62(51)69-64(52)56)49-19-8-18-48-47-16-4-6-27-59(47)67-61(48)49/h1-37H. The molecule has 0 radical (unpaired) electrons. The summed E-state index contributed by atoms with van der Waals surface area (Å²) in [6, 6.07) is 82.6. The molecule has 0 aliphatic rings. The summed E-state index contributed by atoms with van der Waals surface area (Å²) in [6.07, 6.45) is 0. The second kappa shape index (κ2) is 15.2. The lowest BCUT2D eigenvalue weighted by Crippen LogP contribution is -2.10. The third kappa shape index (κ3) is 6.01. The van der Waals surface area contributed by atoms with Crippen LogP contribution in [0.2, 0.25) is 0 Å². The summed E-state index contributed by atoms with van der Waals surface area (Å²) in [5, 5.41) is 12.5. The number of rotatable bonds is 6. The van der Waals surface area contributed by atoms with Crippen molar-refractivity contribution < 1.29 is 4.42 Å². The van der Waals surface area contributed by atoms with Crippen LogP contribution in [0, 0.1) is 0 Å². The van der Waals surface area contributed by atoms with E-state index in [2.05, 4.69) is 217 Å². The van der Waals surface area contributed by atoms with E-state index in [1.807, 2.05) is 46.1 Å². The zero-order chi connectivity index (χ0) is 45.2. The Balaban J connectivity index is 0.927. The zero-order valence-electron chi connectivity index (χ0n) is 36.9. The lowest BCUT2D eigenvalue weighted by molar-refractivity contribution is 0.669. The molecule has 0 N–H and O–H groups in total. The van der Waals surface area contributed by atoms with Gasteiger partial charge in [-0.2, -0.15) is 0 Å². The van der Waals surface area contributed by atoms with Crippen molar-refractivity contribution in [2.24, 2.45) is 0 Å². The molecule has 4 aromatic heterocycles. The average molecular weight is 932 g/mol. The number of thiophene rings is 3. The van der Waals surface area contributed by atoms with Crippen molar-refractivity contribution in [2.75, 3.05) is 4.90 Å². The number of hydrogen-bond acceptors (Lipinski definition) is 5. The van der Waals surface area contributed by atoms with Crippen LogP contribution >= 0.6 is 34.0 Å². The third-order valence-electron chi connectivity index (χ3n) is 14.1. The first-order chi connectivity index (χ1) is 34.2. The van der Waals surface area contributed by atoms with Crippen LogP contribution in [-0.4, -0.2) is 0 Å². The first kappa shape index (κ1) is 39.0. The van der Waals surface area contributed by atoms with Gasteiger partial charge >= 0.3 is 0 Å². The van der Waals surface area contributed by atoms with Crippen LogP contribution in [-0.2, 0) is 0 Å². The predicted molar refractivity (Wildman–Crippen MR) is 301 cm³/mol. The van der Waals surface area contributed by atoms with E-state index in [4.69, 9.17) is 4.42 Å². The summed E-state index contributed by atoms with van der Waals surface area (Å²) in [5.41, 5.74) is 12.6. The van der Waals surface area contributed by atoms with Gasteiger partial charge in [0.1, 0.15) is 11.2 Å². The smallest absolute Gasteiger partial charge is 0.136 e. The Labute approximate surface area is 408 Å². The second-order valence-corrected chi connectivity index (χ2v) is 21.0. The molecule has 0 fully saturated rings. The van der Waals surface area contributed by atoms with Crippen LogP contribution in [0.15, 0.2) is 229 Å². The highest BCUT2D eigenvalue weighted by Gasteiger charge is 2.23. The number of nitrogens with zero attached hydrogens (tertiary/aromatic N) is 1. The minimum absolute atomic E-state index is 0.910. The molecule has 0 atom stereocenters. The largest absolute Gasteiger partial charge is 0.456 e. The van der Waals surface area contributed by atoms with Gasteiger partial charge in [0, 0.05) is 78.7 Å². The Kier molecular flexibility index (Phi) is 8.60. The van der Waals surface area contributed by atoms with E-state index in [-0.39, 0.29) is 0 Å². The summed E-state index contributed by atoms with van der Waals surface area (Å²) in [7, 11) is 0. The van der Waals surface area contributed by atoms with Gasteiger partial charge in [0.2, 0.25) is 0 Å². The predicted octanol–water partition coefficient (Wildman–Crippen LogP) is 20.3. The molecule has 0 aliphatic carbocycles. The average Bonchev–Trinajstić information content (AvgIpc) is 4.19. The minimum atomic E-state index is 0.910. The highest BCUT2D eigenvalue weighted by molar-refractivity contribution is 7.28. The number of fused-ring (bicyclic) bond motifs is 13. The lowest BCUT2D eigenvalue weighted by Gasteiger charge is -2.27. The topological polar surface area (TPSA) is 16.4 Å². The third-order valence-corrected chi connectivity index (χ3v) is 17.8. The molecule has 11 aromatic carbocycles. The normalized spacial score (nSPS) is 12.1. The molecule has 0 spiro atoms. The van der Waals surface area contributed by atoms with E-state index in [1.165, 1.54) is 105 Å². The van der Waals surface area contributed by atoms with Crippen LogP contribution in [0.3, 0.4) is 0 Å². The van der Waals surface area contributed by atoms with Crippen LogP contribution < -0.4 is 4.90 Å². The number of furan rings is 1. The SMILES string of the molecule is c1ccc2c(-c3ccc(N(c4cccc5c4sc4ccc(-c6ccc7c(c6)oc6ccccc67)cc45)c4cccc5c4sc4c(-c6cccc7c6sc6ccccc67)cccc45)cc3)cccc2c1. The fourth-order valence-corrected chi connectivity index (χ4v) is 14.6. The van der Waals surface area contributed by atoms with Crippen molar-refractivity contribution in [1.82, 2.24) is 0 Å². The molecule has 0 aliphatic heterocycles. The van der Waals surface area contributed by atoms with E-state index in [9.17, 15) is 0 Å². The van der Waals surface area contributed by atoms with Gasteiger partial charge in [0.25, 0.3) is 0 Å². The van der Waals surface area contributed by atoms with Crippen molar-refractivity contribution >= 4 is 144 Å². The van der Waals surface area contributed by atoms with Gasteiger partial charge in [0.05, 0.1) is 20.8 Å². The molecule has 0 unspecified atom stereocenters. The Bertz CT molecular complexity index is 4560. The van der Waals surface area contributed by atoms with Crippen LogP contribution in [0.1, 0.15) is 0 Å². The highest BCUT2D eigenvalue weighted by atomic mass is 32.1. The Morgan fingerprint density at radius 1 is 0.290 bits per heavy atom. The molecule has 0 amide bonds. The van der Waals surface area contributed by atoms with Crippen molar-refractivity contribution in [1.29, 1.82) is 0 Å². The van der Waals surface area contributed by atoms with E-state index in [1.54, 1.807) is 0 Å². The monoisotopic (exact) mass is 931 g/mol. The molecule has 15 rings (SSSR count). The van der Waals surface area contributed by atoms with Crippen LogP contribution in [0.25, 0.3) is 127 Å². The van der Waals surface area contributed by atoms with Gasteiger partial charge in [-0.1, -0.05) is 164 Å². The fraction of sp³-hybridized carbons (Fsp3) is 0. The number of para-hydroxylation sites is 1. The second-order valence-electron chi connectivity index (χ2n) is 17.9. The maximum absolute atomic E-state index is 6.34. The molecule has 2 nitrogen and oxygen atoms in total. The summed E-state index contributed by atoms with van der Waals surface area (Å²) >= 11 is 5.69. The van der Waals surface area contributed by atoms with Crippen molar-refractivity contribution in [3.8, 4) is 33.4 Å². The summed E-state index contributed by atoms with van der Waals surface area (Å²) in [6.45, 7) is 0. The van der Waals surface area contributed by atoms with Gasteiger partial charge < -0.3 is 9.32 Å². The highest BCUT2D eigenvalue weighted by Crippen LogP contribution is 2.52. The fourth-order valence-electron chi connectivity index (χ4n) is 10.9. The number of anilines is 3. The molecule has 69 heavy (non-hydrogen) atoms. The molecule has 322 valence electrons. The Hall–Kier alpha value is -8.06. The van der Waals surface area contributed by atoms with Crippen molar-refractivity contribution in [3.05, 3.63) is 224 Å². The summed E-state index contributed by atoms with van der Waals surface area (Å²) in [5.74, 6) is 0. The summed E-state index contributed by atoms with van der Waals surface area (Å²) < 4.78 is 14.1. The van der Waals surface area contributed by atoms with Gasteiger partial charge in [-0.05, 0) is 93.7 Å². The van der Waals surface area contributed by atoms with E-state index >= 15 is 0 Å². The van der Waals surface area contributed by atoms with Gasteiger partial charge in [-0.3, -0.25) is 0 Å². The van der Waals surface area contributed by atoms with E-state index < -0.39 is 0 Å².